The number of hydrogen-bond acceptors (Lipinski definition) is 5. The van der Waals surface area contributed by atoms with Gasteiger partial charge in [-0.2, -0.15) is 0 Å². The minimum atomic E-state index is -0.394. The predicted molar refractivity (Wildman–Crippen MR) is 118 cm³/mol. The highest BCUT2D eigenvalue weighted by molar-refractivity contribution is 5.93. The van der Waals surface area contributed by atoms with Crippen LogP contribution in [0.4, 0.5) is 5.69 Å². The second-order valence-electron chi connectivity index (χ2n) is 7.45. The highest BCUT2D eigenvalue weighted by atomic mass is 16.7. The SMILES string of the molecule is Cc1c(NC(=O)CCC(=O)NCc2ccc3c(c2)OCO3)c(=O)n(-c2ccccc2)n1C. The third kappa shape index (κ3) is 4.36. The van der Waals surface area contributed by atoms with E-state index in [4.69, 9.17) is 9.47 Å². The molecule has 9 nitrogen and oxygen atoms in total. The van der Waals surface area contributed by atoms with Gasteiger partial charge in [0.05, 0.1) is 11.4 Å². The summed E-state index contributed by atoms with van der Waals surface area (Å²) in [6.45, 7) is 2.27. The van der Waals surface area contributed by atoms with Gasteiger partial charge in [-0.05, 0) is 36.8 Å². The van der Waals surface area contributed by atoms with Crippen LogP contribution in [0.3, 0.4) is 0 Å². The van der Waals surface area contributed by atoms with Crippen molar-refractivity contribution in [3.63, 3.8) is 0 Å². The summed E-state index contributed by atoms with van der Waals surface area (Å²) in [5.41, 5.74) is 2.08. The van der Waals surface area contributed by atoms with E-state index < -0.39 is 5.91 Å². The van der Waals surface area contributed by atoms with Gasteiger partial charge in [-0.1, -0.05) is 24.3 Å². The van der Waals surface area contributed by atoms with Crippen LogP contribution in [0.2, 0.25) is 0 Å². The summed E-state index contributed by atoms with van der Waals surface area (Å²) in [6, 6.07) is 14.6. The van der Waals surface area contributed by atoms with Crippen LogP contribution < -0.4 is 25.7 Å². The number of nitrogens with zero attached hydrogens (tertiary/aromatic N) is 2. The first-order valence-corrected chi connectivity index (χ1v) is 10.2. The molecule has 0 saturated carbocycles. The smallest absolute Gasteiger partial charge is 0.295 e. The number of aromatic nitrogens is 2. The van der Waals surface area contributed by atoms with E-state index in [1.807, 2.05) is 42.5 Å². The van der Waals surface area contributed by atoms with Gasteiger partial charge in [-0.3, -0.25) is 19.1 Å². The summed E-state index contributed by atoms with van der Waals surface area (Å²) >= 11 is 0. The normalized spacial score (nSPS) is 11.9. The molecule has 2 N–H and O–H groups in total. The maximum absolute atomic E-state index is 12.9. The first-order chi connectivity index (χ1) is 15.4. The molecule has 166 valence electrons. The zero-order valence-corrected chi connectivity index (χ0v) is 17.9. The van der Waals surface area contributed by atoms with Gasteiger partial charge >= 0.3 is 0 Å². The molecule has 0 unspecified atom stereocenters. The minimum Gasteiger partial charge on any atom is -0.454 e. The number of para-hydroxylation sites is 1. The van der Waals surface area contributed by atoms with Crippen molar-refractivity contribution in [3.8, 4) is 17.2 Å². The average Bonchev–Trinajstić information content (AvgIpc) is 3.35. The van der Waals surface area contributed by atoms with Gasteiger partial charge in [-0.25, -0.2) is 4.68 Å². The van der Waals surface area contributed by atoms with Crippen LogP contribution in [0.1, 0.15) is 24.1 Å². The fourth-order valence-electron chi connectivity index (χ4n) is 3.48. The molecule has 2 aromatic carbocycles. The lowest BCUT2D eigenvalue weighted by Crippen LogP contribution is -2.26. The molecule has 9 heteroatoms. The summed E-state index contributed by atoms with van der Waals surface area (Å²) in [6.07, 6.45) is -0.0266. The molecule has 32 heavy (non-hydrogen) atoms. The Balaban J connectivity index is 1.32. The molecule has 1 aromatic heterocycles. The Bertz CT molecular complexity index is 1210. The average molecular weight is 436 g/mol. The summed E-state index contributed by atoms with van der Waals surface area (Å²) < 4.78 is 13.8. The fourth-order valence-corrected chi connectivity index (χ4v) is 3.48. The quantitative estimate of drug-likeness (QED) is 0.591. The lowest BCUT2D eigenvalue weighted by molar-refractivity contribution is -0.124. The summed E-state index contributed by atoms with van der Waals surface area (Å²) in [5, 5.41) is 5.44. The van der Waals surface area contributed by atoms with E-state index >= 15 is 0 Å². The molecule has 4 rings (SSSR count). The van der Waals surface area contributed by atoms with Crippen molar-refractivity contribution in [2.75, 3.05) is 12.1 Å². The van der Waals surface area contributed by atoms with Crippen LogP contribution in [-0.2, 0) is 23.2 Å². The molecule has 1 aliphatic heterocycles. The maximum atomic E-state index is 12.9. The fraction of sp³-hybridized carbons (Fsp3) is 0.261. The molecule has 0 bridgehead atoms. The van der Waals surface area contributed by atoms with Crippen molar-refractivity contribution in [3.05, 3.63) is 70.1 Å². The first-order valence-electron chi connectivity index (χ1n) is 10.2. The van der Waals surface area contributed by atoms with Gasteiger partial charge in [0.25, 0.3) is 5.56 Å². The molecule has 2 heterocycles. The number of hydrogen-bond donors (Lipinski definition) is 2. The third-order valence-electron chi connectivity index (χ3n) is 5.32. The molecule has 0 saturated heterocycles. The van der Waals surface area contributed by atoms with Crippen molar-refractivity contribution < 1.29 is 19.1 Å². The molecule has 2 amide bonds. The Labute approximate surface area is 184 Å². The van der Waals surface area contributed by atoms with Crippen molar-refractivity contribution in [2.24, 2.45) is 7.05 Å². The zero-order chi connectivity index (χ0) is 22.7. The van der Waals surface area contributed by atoms with Crippen LogP contribution in [0.15, 0.2) is 53.3 Å². The van der Waals surface area contributed by atoms with E-state index in [0.717, 1.165) is 5.56 Å². The zero-order valence-electron chi connectivity index (χ0n) is 17.9. The predicted octanol–water partition coefficient (Wildman–Crippen LogP) is 2.25. The molecule has 1 aliphatic rings. The summed E-state index contributed by atoms with van der Waals surface area (Å²) in [4.78, 5) is 37.4. The van der Waals surface area contributed by atoms with E-state index in [1.165, 1.54) is 4.68 Å². The number of carbonyl (C=O) groups excluding carboxylic acids is 2. The third-order valence-corrected chi connectivity index (χ3v) is 5.32. The Morgan fingerprint density at radius 2 is 1.72 bits per heavy atom. The molecule has 3 aromatic rings. The number of fused-ring (bicyclic) bond motifs is 1. The molecular weight excluding hydrogens is 412 g/mol. The van der Waals surface area contributed by atoms with Crippen molar-refractivity contribution in [2.45, 2.75) is 26.3 Å². The van der Waals surface area contributed by atoms with Crippen LogP contribution in [0.25, 0.3) is 5.69 Å². The lowest BCUT2D eigenvalue weighted by atomic mass is 10.2. The molecule has 0 radical (unpaired) electrons. The van der Waals surface area contributed by atoms with Crippen molar-refractivity contribution in [1.82, 2.24) is 14.7 Å². The summed E-state index contributed by atoms with van der Waals surface area (Å²) in [5.74, 6) is 0.674. The Morgan fingerprint density at radius 1 is 1.00 bits per heavy atom. The highest BCUT2D eigenvalue weighted by Gasteiger charge is 2.18. The lowest BCUT2D eigenvalue weighted by Gasteiger charge is -2.07. The van der Waals surface area contributed by atoms with E-state index in [2.05, 4.69) is 10.6 Å². The van der Waals surface area contributed by atoms with Crippen LogP contribution >= 0.6 is 0 Å². The molecule has 0 fully saturated rings. The number of nitrogens with one attached hydrogen (secondary N) is 2. The van der Waals surface area contributed by atoms with Gasteiger partial charge in [0.2, 0.25) is 18.6 Å². The van der Waals surface area contributed by atoms with Crippen molar-refractivity contribution in [1.29, 1.82) is 0 Å². The van der Waals surface area contributed by atoms with Gasteiger partial charge in [-0.15, -0.1) is 0 Å². The number of anilines is 1. The number of ether oxygens (including phenoxy) is 2. The molecule has 0 spiro atoms. The monoisotopic (exact) mass is 436 g/mol. The highest BCUT2D eigenvalue weighted by Crippen LogP contribution is 2.32. The Kier molecular flexibility index (Phi) is 5.98. The van der Waals surface area contributed by atoms with Gasteiger partial charge in [0.15, 0.2) is 11.5 Å². The Morgan fingerprint density at radius 3 is 2.50 bits per heavy atom. The first kappa shape index (κ1) is 21.2. The van der Waals surface area contributed by atoms with Gasteiger partial charge in [0.1, 0.15) is 5.69 Å². The van der Waals surface area contributed by atoms with Crippen LogP contribution in [0, 0.1) is 6.92 Å². The topological polar surface area (TPSA) is 104 Å². The number of amides is 2. The van der Waals surface area contributed by atoms with Gasteiger partial charge in [0, 0.05) is 26.4 Å². The van der Waals surface area contributed by atoms with E-state index in [0.29, 0.717) is 29.4 Å². The van der Waals surface area contributed by atoms with Crippen LogP contribution in [-0.4, -0.2) is 28.0 Å². The number of carbonyl (C=O) groups is 2. The van der Waals surface area contributed by atoms with Crippen molar-refractivity contribution >= 4 is 17.5 Å². The standard InChI is InChI=1S/C23H24N4O5/c1-15-22(23(30)27(26(15)2)17-6-4-3-5-7-17)25-21(29)11-10-20(28)24-13-16-8-9-18-19(12-16)32-14-31-18/h3-9,12H,10-11,13-14H2,1-2H3,(H,24,28)(H,25,29). The Hall–Kier alpha value is -4.01. The second kappa shape index (κ2) is 9.01. The maximum Gasteiger partial charge on any atom is 0.295 e. The molecule has 0 aliphatic carbocycles. The minimum absolute atomic E-state index is 0.00907. The summed E-state index contributed by atoms with van der Waals surface area (Å²) in [7, 11) is 1.75. The molecular formula is C23H24N4O5. The number of benzene rings is 2. The van der Waals surface area contributed by atoms with E-state index in [-0.39, 0.29) is 36.8 Å². The van der Waals surface area contributed by atoms with Crippen LogP contribution in [0.5, 0.6) is 11.5 Å². The molecule has 0 atom stereocenters. The van der Waals surface area contributed by atoms with Gasteiger partial charge < -0.3 is 20.1 Å². The number of rotatable bonds is 7. The second-order valence-corrected chi connectivity index (χ2v) is 7.45. The van der Waals surface area contributed by atoms with E-state index in [9.17, 15) is 14.4 Å². The largest absolute Gasteiger partial charge is 0.454 e. The van der Waals surface area contributed by atoms with E-state index in [1.54, 1.807) is 24.7 Å².